The molecule has 1 unspecified atom stereocenters. The molecule has 2 rings (SSSR count). The summed E-state index contributed by atoms with van der Waals surface area (Å²) < 4.78 is 15.2. The molecule has 0 saturated carbocycles. The van der Waals surface area contributed by atoms with Crippen LogP contribution in [-0.2, 0) is 6.42 Å². The van der Waals surface area contributed by atoms with Crippen LogP contribution < -0.4 is 11.3 Å². The topological polar surface area (TPSA) is 38.0 Å². The van der Waals surface area contributed by atoms with E-state index >= 15 is 0 Å². The largest absolute Gasteiger partial charge is 0.271 e. The summed E-state index contributed by atoms with van der Waals surface area (Å²) in [7, 11) is 0. The van der Waals surface area contributed by atoms with E-state index in [2.05, 4.69) is 37.3 Å². The molecule has 1 atom stereocenters. The summed E-state index contributed by atoms with van der Waals surface area (Å²) in [4.78, 5) is 0. The molecule has 0 saturated heterocycles. The van der Waals surface area contributed by atoms with Crippen molar-refractivity contribution in [2.45, 2.75) is 19.4 Å². The minimum absolute atomic E-state index is 0.0683. The van der Waals surface area contributed by atoms with Gasteiger partial charge in [0.2, 0.25) is 0 Å². The third-order valence-corrected chi connectivity index (χ3v) is 4.57. The lowest BCUT2D eigenvalue weighted by Crippen LogP contribution is -2.30. The van der Waals surface area contributed by atoms with Crippen molar-refractivity contribution >= 4 is 31.9 Å². The van der Waals surface area contributed by atoms with E-state index < -0.39 is 0 Å². The minimum atomic E-state index is -0.254. The highest BCUT2D eigenvalue weighted by atomic mass is 79.9. The van der Waals surface area contributed by atoms with Crippen LogP contribution in [0.25, 0.3) is 0 Å². The minimum Gasteiger partial charge on any atom is -0.271 e. The van der Waals surface area contributed by atoms with E-state index in [1.54, 1.807) is 0 Å². The second-order valence-electron chi connectivity index (χ2n) is 4.66. The Labute approximate surface area is 134 Å². The van der Waals surface area contributed by atoms with Gasteiger partial charge in [0, 0.05) is 8.95 Å². The number of benzene rings is 2. The average molecular weight is 402 g/mol. The molecule has 2 nitrogen and oxygen atoms in total. The maximum absolute atomic E-state index is 13.4. The molecule has 0 aliphatic heterocycles. The van der Waals surface area contributed by atoms with Gasteiger partial charge in [0.1, 0.15) is 5.82 Å². The molecule has 0 spiro atoms. The Morgan fingerprint density at radius 3 is 2.65 bits per heavy atom. The zero-order valence-electron chi connectivity index (χ0n) is 11.0. The summed E-state index contributed by atoms with van der Waals surface area (Å²) in [5.41, 5.74) is 5.93. The Morgan fingerprint density at radius 2 is 2.00 bits per heavy atom. The first kappa shape index (κ1) is 15.6. The third-order valence-electron chi connectivity index (χ3n) is 3.25. The van der Waals surface area contributed by atoms with Crippen LogP contribution in [0.5, 0.6) is 0 Å². The number of nitrogens with two attached hydrogens (primary N) is 1. The monoisotopic (exact) mass is 400 g/mol. The molecule has 0 aliphatic rings. The fraction of sp³-hybridized carbons (Fsp3) is 0.200. The van der Waals surface area contributed by atoms with Gasteiger partial charge in [0.15, 0.2) is 0 Å². The smallest absolute Gasteiger partial charge is 0.124 e. The van der Waals surface area contributed by atoms with Crippen molar-refractivity contribution in [2.75, 3.05) is 0 Å². The van der Waals surface area contributed by atoms with E-state index in [4.69, 9.17) is 5.84 Å². The molecule has 3 N–H and O–H groups in total. The van der Waals surface area contributed by atoms with Crippen molar-refractivity contribution in [1.82, 2.24) is 5.43 Å². The molecule has 0 bridgehead atoms. The van der Waals surface area contributed by atoms with Crippen LogP contribution in [-0.4, -0.2) is 0 Å². The fourth-order valence-corrected chi connectivity index (χ4v) is 3.12. The lowest BCUT2D eigenvalue weighted by Gasteiger charge is -2.19. The zero-order chi connectivity index (χ0) is 14.7. The summed E-state index contributed by atoms with van der Waals surface area (Å²) in [5, 5.41) is 0. The molecule has 106 valence electrons. The maximum Gasteiger partial charge on any atom is 0.124 e. The lowest BCUT2D eigenvalue weighted by atomic mass is 9.96. The van der Waals surface area contributed by atoms with E-state index in [0.717, 1.165) is 25.6 Å². The van der Waals surface area contributed by atoms with Gasteiger partial charge in [0.05, 0.1) is 6.04 Å². The molecule has 0 heterocycles. The lowest BCUT2D eigenvalue weighted by molar-refractivity contribution is 0.545. The van der Waals surface area contributed by atoms with Gasteiger partial charge in [0.25, 0.3) is 0 Å². The summed E-state index contributed by atoms with van der Waals surface area (Å²) >= 11 is 6.82. The Hall–Kier alpha value is -0.750. The van der Waals surface area contributed by atoms with Crippen molar-refractivity contribution in [1.29, 1.82) is 0 Å². The summed E-state index contributed by atoms with van der Waals surface area (Å²) in [5.74, 6) is 5.42. The van der Waals surface area contributed by atoms with Crippen LogP contribution in [0.4, 0.5) is 4.39 Å². The Morgan fingerprint density at radius 1 is 1.25 bits per heavy atom. The van der Waals surface area contributed by atoms with Gasteiger partial charge in [-0.15, -0.1) is 0 Å². The van der Waals surface area contributed by atoms with Gasteiger partial charge < -0.3 is 0 Å². The van der Waals surface area contributed by atoms with Crippen molar-refractivity contribution < 1.29 is 4.39 Å². The van der Waals surface area contributed by atoms with Gasteiger partial charge >= 0.3 is 0 Å². The highest BCUT2D eigenvalue weighted by Crippen LogP contribution is 2.27. The molecule has 2 aromatic carbocycles. The molecule has 0 amide bonds. The second-order valence-corrected chi connectivity index (χ2v) is 6.43. The van der Waals surface area contributed by atoms with Crippen LogP contribution >= 0.6 is 31.9 Å². The number of hydrogen-bond donors (Lipinski definition) is 2. The second kappa shape index (κ2) is 6.80. The van der Waals surface area contributed by atoms with Crippen LogP contribution in [0, 0.1) is 12.7 Å². The standard InChI is InChI=1S/C15H15Br2FN2/c1-9-13(3-2-4-14(9)17)15(20-19)7-10-5-11(16)8-12(18)6-10/h2-6,8,15,20H,7,19H2,1H3. The van der Waals surface area contributed by atoms with E-state index in [0.29, 0.717) is 6.42 Å². The Balaban J connectivity index is 2.31. The SMILES string of the molecule is Cc1c(Br)cccc1C(Cc1cc(F)cc(Br)c1)NN. The molecule has 0 radical (unpaired) electrons. The summed E-state index contributed by atoms with van der Waals surface area (Å²) in [6.07, 6.45) is 0.615. The molecule has 20 heavy (non-hydrogen) atoms. The number of hydrogen-bond acceptors (Lipinski definition) is 2. The first-order chi connectivity index (χ1) is 9.51. The molecular weight excluding hydrogens is 387 g/mol. The van der Waals surface area contributed by atoms with E-state index in [1.165, 1.54) is 12.1 Å². The van der Waals surface area contributed by atoms with Crippen LogP contribution in [0.3, 0.4) is 0 Å². The number of halogens is 3. The zero-order valence-corrected chi connectivity index (χ0v) is 14.1. The van der Waals surface area contributed by atoms with Gasteiger partial charge in [-0.2, -0.15) is 0 Å². The van der Waals surface area contributed by atoms with E-state index in [-0.39, 0.29) is 11.9 Å². The van der Waals surface area contributed by atoms with Gasteiger partial charge in [-0.1, -0.05) is 44.0 Å². The van der Waals surface area contributed by atoms with Crippen LogP contribution in [0.15, 0.2) is 45.3 Å². The maximum atomic E-state index is 13.4. The third kappa shape index (κ3) is 3.67. The average Bonchev–Trinajstić information content (AvgIpc) is 2.38. The van der Waals surface area contributed by atoms with Crippen molar-refractivity contribution in [3.05, 3.63) is 67.9 Å². The van der Waals surface area contributed by atoms with Crippen LogP contribution in [0.1, 0.15) is 22.7 Å². The predicted molar refractivity (Wildman–Crippen MR) is 86.7 cm³/mol. The molecule has 5 heteroatoms. The molecule has 0 fully saturated rings. The fourth-order valence-electron chi connectivity index (χ4n) is 2.22. The first-order valence-electron chi connectivity index (χ1n) is 6.17. The normalized spacial score (nSPS) is 12.4. The van der Waals surface area contributed by atoms with Crippen molar-refractivity contribution in [3.63, 3.8) is 0 Å². The first-order valence-corrected chi connectivity index (χ1v) is 7.76. The number of hydrazine groups is 1. The van der Waals surface area contributed by atoms with Crippen molar-refractivity contribution in [3.8, 4) is 0 Å². The van der Waals surface area contributed by atoms with Crippen LogP contribution in [0.2, 0.25) is 0 Å². The van der Waals surface area contributed by atoms with Gasteiger partial charge in [-0.25, -0.2) is 4.39 Å². The molecule has 2 aromatic rings. The highest BCUT2D eigenvalue weighted by Gasteiger charge is 2.15. The highest BCUT2D eigenvalue weighted by molar-refractivity contribution is 9.10. The number of rotatable bonds is 4. The van der Waals surface area contributed by atoms with Gasteiger partial charge in [-0.3, -0.25) is 11.3 Å². The molecular formula is C15H15Br2FN2. The van der Waals surface area contributed by atoms with E-state index in [9.17, 15) is 4.39 Å². The van der Waals surface area contributed by atoms with Gasteiger partial charge in [-0.05, 0) is 54.3 Å². The molecule has 0 aliphatic carbocycles. The Kier molecular flexibility index (Phi) is 5.32. The molecule has 0 aromatic heterocycles. The predicted octanol–water partition coefficient (Wildman–Crippen LogP) is 4.41. The Bertz CT molecular complexity index is 597. The number of nitrogens with one attached hydrogen (secondary N) is 1. The van der Waals surface area contributed by atoms with Crippen molar-refractivity contribution in [2.24, 2.45) is 5.84 Å². The quantitative estimate of drug-likeness (QED) is 0.588. The van der Waals surface area contributed by atoms with E-state index in [1.807, 2.05) is 31.2 Å². The summed E-state index contributed by atoms with van der Waals surface area (Å²) in [6, 6.07) is 10.8. The summed E-state index contributed by atoms with van der Waals surface area (Å²) in [6.45, 7) is 2.03.